The first kappa shape index (κ1) is 19.3. The molecule has 0 aliphatic rings. The second kappa shape index (κ2) is 7.67. The van der Waals surface area contributed by atoms with E-state index in [2.05, 4.69) is 20.6 Å². The van der Waals surface area contributed by atoms with Crippen LogP contribution in [0, 0.1) is 20.8 Å². The monoisotopic (exact) mass is 385 g/mol. The molecule has 148 valence electrons. The second-order valence-corrected chi connectivity index (χ2v) is 6.55. The summed E-state index contributed by atoms with van der Waals surface area (Å²) in [5, 5.41) is 24.4. The van der Waals surface area contributed by atoms with Crippen molar-refractivity contribution >= 4 is 17.6 Å². The summed E-state index contributed by atoms with van der Waals surface area (Å²) < 4.78 is 4.97. The molecule has 3 aromatic heterocycles. The van der Waals surface area contributed by atoms with Crippen LogP contribution in [-0.4, -0.2) is 46.3 Å². The number of nitrogens with one attached hydrogen (secondary N) is 1. The molecule has 0 saturated heterocycles. The molecule has 10 heteroatoms. The maximum Gasteiger partial charge on any atom is 0.325 e. The van der Waals surface area contributed by atoms with Gasteiger partial charge in [-0.3, -0.25) is 23.6 Å². The average molecular weight is 385 g/mol. The molecule has 0 aliphatic heterocycles. The predicted octanol–water partition coefficient (Wildman–Crippen LogP) is 1.61. The van der Waals surface area contributed by atoms with Crippen molar-refractivity contribution in [2.45, 2.75) is 47.3 Å². The molecule has 0 bridgehead atoms. The van der Waals surface area contributed by atoms with Crippen LogP contribution in [0.15, 0.2) is 18.6 Å². The van der Waals surface area contributed by atoms with E-state index >= 15 is 0 Å². The van der Waals surface area contributed by atoms with E-state index < -0.39 is 5.97 Å². The highest BCUT2D eigenvalue weighted by atomic mass is 16.4. The van der Waals surface area contributed by atoms with Gasteiger partial charge in [-0.1, -0.05) is 0 Å². The van der Waals surface area contributed by atoms with Crippen molar-refractivity contribution in [1.82, 2.24) is 29.3 Å². The van der Waals surface area contributed by atoms with Crippen LogP contribution in [0.5, 0.6) is 0 Å². The van der Waals surface area contributed by atoms with E-state index in [-0.39, 0.29) is 18.0 Å². The normalized spacial score (nSPS) is 11.0. The van der Waals surface area contributed by atoms with Crippen molar-refractivity contribution in [3.05, 3.63) is 46.8 Å². The Morgan fingerprint density at radius 1 is 1.11 bits per heavy atom. The van der Waals surface area contributed by atoms with Gasteiger partial charge in [-0.05, 0) is 27.7 Å². The number of carbonyl (C=O) groups excluding carboxylic acids is 1. The topological polar surface area (TPSA) is 120 Å². The van der Waals surface area contributed by atoms with Gasteiger partial charge >= 0.3 is 5.97 Å². The van der Waals surface area contributed by atoms with E-state index in [1.54, 1.807) is 0 Å². The number of nitrogens with zero attached hydrogens (tertiary/aromatic N) is 6. The third-order valence-electron chi connectivity index (χ3n) is 4.64. The highest BCUT2D eigenvalue weighted by Crippen LogP contribution is 2.22. The van der Waals surface area contributed by atoms with Crippen molar-refractivity contribution in [2.24, 2.45) is 0 Å². The van der Waals surface area contributed by atoms with Crippen LogP contribution in [0.1, 0.15) is 39.9 Å². The number of carbonyl (C=O) groups is 2. The molecule has 0 atom stereocenters. The first-order valence-electron chi connectivity index (χ1n) is 8.91. The van der Waals surface area contributed by atoms with Gasteiger partial charge in [0.2, 0.25) is 0 Å². The maximum absolute atomic E-state index is 12.5. The van der Waals surface area contributed by atoms with Crippen LogP contribution < -0.4 is 5.32 Å². The second-order valence-electron chi connectivity index (χ2n) is 6.55. The molecule has 2 N–H and O–H groups in total. The molecule has 0 aromatic carbocycles. The molecular formula is C18H23N7O3. The fourth-order valence-electron chi connectivity index (χ4n) is 3.04. The zero-order chi connectivity index (χ0) is 20.4. The molecule has 3 heterocycles. The zero-order valence-corrected chi connectivity index (χ0v) is 16.3. The number of aromatic nitrogens is 6. The standard InChI is InChI=1S/C18H23N7O3/c1-5-24-12(3)14(6-20-24)9-25-13(4)17(11(2)22-25)21-18(28)15-7-19-23(8-15)10-16(26)27/h6-8H,5,9-10H2,1-4H3,(H,21,28)(H,26,27). The lowest BCUT2D eigenvalue weighted by Gasteiger charge is -2.07. The van der Waals surface area contributed by atoms with Crippen LogP contribution >= 0.6 is 0 Å². The summed E-state index contributed by atoms with van der Waals surface area (Å²) in [6.07, 6.45) is 4.58. The predicted molar refractivity (Wildman–Crippen MR) is 101 cm³/mol. The summed E-state index contributed by atoms with van der Waals surface area (Å²) in [7, 11) is 0. The summed E-state index contributed by atoms with van der Waals surface area (Å²) in [5.41, 5.74) is 4.60. The molecular weight excluding hydrogens is 362 g/mol. The highest BCUT2D eigenvalue weighted by molar-refractivity contribution is 6.04. The lowest BCUT2D eigenvalue weighted by atomic mass is 10.2. The Bertz CT molecular complexity index is 1030. The summed E-state index contributed by atoms with van der Waals surface area (Å²) in [5.74, 6) is -1.39. The minimum absolute atomic E-state index is 0.285. The Kier molecular flexibility index (Phi) is 5.30. The SMILES string of the molecule is CCn1ncc(Cn2nc(C)c(NC(=O)c3cnn(CC(=O)O)c3)c2C)c1C. The largest absolute Gasteiger partial charge is 0.480 e. The molecule has 3 aromatic rings. The number of carboxylic acids is 1. The van der Waals surface area contributed by atoms with Gasteiger partial charge < -0.3 is 10.4 Å². The number of aryl methyl sites for hydroxylation is 2. The maximum atomic E-state index is 12.5. The average Bonchev–Trinajstić information content (AvgIpc) is 3.30. The molecule has 0 saturated carbocycles. The van der Waals surface area contributed by atoms with Gasteiger partial charge in [0.15, 0.2) is 0 Å². The van der Waals surface area contributed by atoms with Crippen molar-refractivity contribution in [1.29, 1.82) is 0 Å². The van der Waals surface area contributed by atoms with Gasteiger partial charge in [-0.15, -0.1) is 0 Å². The number of aliphatic carboxylic acids is 1. The fourth-order valence-corrected chi connectivity index (χ4v) is 3.04. The van der Waals surface area contributed by atoms with Crippen molar-refractivity contribution in [3.8, 4) is 0 Å². The Hall–Kier alpha value is -3.43. The molecule has 0 aliphatic carbocycles. The molecule has 0 spiro atoms. The van der Waals surface area contributed by atoms with Gasteiger partial charge in [0.25, 0.3) is 5.91 Å². The molecule has 10 nitrogen and oxygen atoms in total. The van der Waals surface area contributed by atoms with Gasteiger partial charge in [-0.2, -0.15) is 15.3 Å². The molecule has 1 amide bonds. The quantitative estimate of drug-likeness (QED) is 0.637. The third-order valence-corrected chi connectivity index (χ3v) is 4.64. The number of anilines is 1. The first-order chi connectivity index (χ1) is 13.3. The first-order valence-corrected chi connectivity index (χ1v) is 8.91. The Balaban J connectivity index is 1.77. The van der Waals surface area contributed by atoms with Gasteiger partial charge in [0.1, 0.15) is 6.54 Å². The molecule has 3 rings (SSSR count). The Labute approximate surface area is 161 Å². The van der Waals surface area contributed by atoms with Gasteiger partial charge in [-0.25, -0.2) is 0 Å². The van der Waals surface area contributed by atoms with E-state index in [1.165, 1.54) is 17.1 Å². The van der Waals surface area contributed by atoms with Crippen LogP contribution in [0.2, 0.25) is 0 Å². The molecule has 0 radical (unpaired) electrons. The number of hydrogen-bond acceptors (Lipinski definition) is 5. The number of carboxylic acid groups (broad SMARTS) is 1. The summed E-state index contributed by atoms with van der Waals surface area (Å²) in [6.45, 7) is 8.85. The van der Waals surface area contributed by atoms with Crippen LogP contribution in [0.4, 0.5) is 5.69 Å². The van der Waals surface area contributed by atoms with E-state index in [4.69, 9.17) is 5.11 Å². The summed E-state index contributed by atoms with van der Waals surface area (Å²) in [4.78, 5) is 23.3. The lowest BCUT2D eigenvalue weighted by Crippen LogP contribution is -2.13. The molecule has 0 unspecified atom stereocenters. The Morgan fingerprint density at radius 3 is 2.50 bits per heavy atom. The van der Waals surface area contributed by atoms with E-state index in [0.717, 1.165) is 23.5 Å². The third kappa shape index (κ3) is 3.80. The van der Waals surface area contributed by atoms with Gasteiger partial charge in [0.05, 0.1) is 41.6 Å². The molecule has 28 heavy (non-hydrogen) atoms. The van der Waals surface area contributed by atoms with E-state index in [1.807, 2.05) is 43.3 Å². The van der Waals surface area contributed by atoms with Crippen LogP contribution in [-0.2, 0) is 24.4 Å². The van der Waals surface area contributed by atoms with Crippen molar-refractivity contribution in [2.75, 3.05) is 5.32 Å². The Morgan fingerprint density at radius 2 is 1.86 bits per heavy atom. The lowest BCUT2D eigenvalue weighted by molar-refractivity contribution is -0.137. The summed E-state index contributed by atoms with van der Waals surface area (Å²) in [6, 6.07) is 0. The van der Waals surface area contributed by atoms with Crippen molar-refractivity contribution < 1.29 is 14.7 Å². The number of hydrogen-bond donors (Lipinski definition) is 2. The zero-order valence-electron chi connectivity index (χ0n) is 16.3. The number of amides is 1. The van der Waals surface area contributed by atoms with Crippen LogP contribution in [0.25, 0.3) is 0 Å². The minimum Gasteiger partial charge on any atom is -0.480 e. The number of rotatable bonds is 7. The van der Waals surface area contributed by atoms with Crippen molar-refractivity contribution in [3.63, 3.8) is 0 Å². The van der Waals surface area contributed by atoms with E-state index in [9.17, 15) is 9.59 Å². The smallest absolute Gasteiger partial charge is 0.325 e. The molecule has 0 fully saturated rings. The van der Waals surface area contributed by atoms with Crippen LogP contribution in [0.3, 0.4) is 0 Å². The highest BCUT2D eigenvalue weighted by Gasteiger charge is 2.18. The van der Waals surface area contributed by atoms with E-state index in [0.29, 0.717) is 17.9 Å². The van der Waals surface area contributed by atoms with Gasteiger partial charge in [0, 0.05) is 24.0 Å². The fraction of sp³-hybridized carbons (Fsp3) is 0.389. The minimum atomic E-state index is -1.02. The summed E-state index contributed by atoms with van der Waals surface area (Å²) >= 11 is 0.